The molecule has 23 heavy (non-hydrogen) atoms. The molecule has 1 amide bonds. The lowest BCUT2D eigenvalue weighted by molar-refractivity contribution is -0.145. The maximum atomic E-state index is 12.2. The van der Waals surface area contributed by atoms with Crippen LogP contribution in [0, 0.1) is 0 Å². The second kappa shape index (κ2) is 8.70. The van der Waals surface area contributed by atoms with E-state index in [1.54, 1.807) is 36.1 Å². The summed E-state index contributed by atoms with van der Waals surface area (Å²) in [7, 11) is 0. The summed E-state index contributed by atoms with van der Waals surface area (Å²) in [4.78, 5) is 27.4. The van der Waals surface area contributed by atoms with E-state index in [2.05, 4.69) is 0 Å². The highest BCUT2D eigenvalue weighted by Crippen LogP contribution is 2.11. The molecule has 5 nitrogen and oxygen atoms in total. The quantitative estimate of drug-likeness (QED) is 0.610. The molecule has 1 saturated heterocycles. The molecule has 0 atom stereocenters. The number of nitrogens with zero attached hydrogens (tertiary/aromatic N) is 2. The van der Waals surface area contributed by atoms with E-state index in [9.17, 15) is 9.59 Å². The van der Waals surface area contributed by atoms with Crippen molar-refractivity contribution in [3.05, 3.63) is 40.9 Å². The fourth-order valence-corrected chi connectivity index (χ4v) is 2.49. The molecule has 1 fully saturated rings. The minimum Gasteiger partial charge on any atom is -0.465 e. The van der Waals surface area contributed by atoms with E-state index < -0.39 is 0 Å². The van der Waals surface area contributed by atoms with E-state index in [1.807, 2.05) is 17.0 Å². The van der Waals surface area contributed by atoms with Gasteiger partial charge in [0.1, 0.15) is 0 Å². The van der Waals surface area contributed by atoms with Gasteiger partial charge in [0.2, 0.25) is 5.91 Å². The molecule has 0 aliphatic carbocycles. The minimum absolute atomic E-state index is 0.0178. The first-order valence-electron chi connectivity index (χ1n) is 7.69. The van der Waals surface area contributed by atoms with Crippen LogP contribution in [0.3, 0.4) is 0 Å². The van der Waals surface area contributed by atoms with Crippen molar-refractivity contribution < 1.29 is 14.3 Å². The van der Waals surface area contributed by atoms with Crippen molar-refractivity contribution in [1.29, 1.82) is 0 Å². The molecule has 0 saturated carbocycles. The van der Waals surface area contributed by atoms with Crippen LogP contribution in [0.5, 0.6) is 0 Å². The lowest BCUT2D eigenvalue weighted by Crippen LogP contribution is -2.49. The zero-order valence-corrected chi connectivity index (χ0v) is 14.0. The van der Waals surface area contributed by atoms with E-state index in [0.717, 1.165) is 5.56 Å². The predicted molar refractivity (Wildman–Crippen MR) is 90.1 cm³/mol. The summed E-state index contributed by atoms with van der Waals surface area (Å²) in [6.45, 7) is 5.07. The molecule has 1 aromatic carbocycles. The molecule has 1 aliphatic rings. The van der Waals surface area contributed by atoms with Gasteiger partial charge in [-0.1, -0.05) is 23.7 Å². The Morgan fingerprint density at radius 1 is 1.17 bits per heavy atom. The predicted octanol–water partition coefficient (Wildman–Crippen LogP) is 2.06. The molecule has 0 spiro atoms. The van der Waals surface area contributed by atoms with Gasteiger partial charge < -0.3 is 9.64 Å². The Bertz CT molecular complexity index is 564. The van der Waals surface area contributed by atoms with Crippen LogP contribution >= 0.6 is 11.6 Å². The molecule has 0 radical (unpaired) electrons. The van der Waals surface area contributed by atoms with Crippen LogP contribution in [0.25, 0.3) is 6.08 Å². The van der Waals surface area contributed by atoms with Crippen molar-refractivity contribution in [2.75, 3.05) is 39.3 Å². The smallest absolute Gasteiger partial charge is 0.320 e. The Labute approximate surface area is 141 Å². The van der Waals surface area contributed by atoms with Gasteiger partial charge in [0.05, 0.1) is 13.2 Å². The Morgan fingerprint density at radius 3 is 2.43 bits per heavy atom. The van der Waals surface area contributed by atoms with Crippen LogP contribution in [0.1, 0.15) is 12.5 Å². The third kappa shape index (κ3) is 5.69. The third-order valence-corrected chi connectivity index (χ3v) is 3.88. The normalized spacial score (nSPS) is 15.8. The van der Waals surface area contributed by atoms with E-state index in [4.69, 9.17) is 16.3 Å². The molecule has 0 N–H and O–H groups in total. The third-order valence-electron chi connectivity index (χ3n) is 3.63. The summed E-state index contributed by atoms with van der Waals surface area (Å²) in [5.41, 5.74) is 0.934. The standard InChI is InChI=1S/C17H21ClN2O3/c1-2-23-17(22)13-19-9-11-20(12-10-19)16(21)8-5-14-3-6-15(18)7-4-14/h3-8H,2,9-13H2,1H3/b8-5+. The molecule has 0 unspecified atom stereocenters. The first-order valence-corrected chi connectivity index (χ1v) is 8.07. The summed E-state index contributed by atoms with van der Waals surface area (Å²) in [5, 5.41) is 0.672. The highest BCUT2D eigenvalue weighted by Gasteiger charge is 2.21. The van der Waals surface area contributed by atoms with Gasteiger partial charge in [-0.05, 0) is 30.7 Å². The fraction of sp³-hybridized carbons (Fsp3) is 0.412. The molecule has 6 heteroatoms. The minimum atomic E-state index is -0.213. The van der Waals surface area contributed by atoms with Gasteiger partial charge in [-0.15, -0.1) is 0 Å². The van der Waals surface area contributed by atoms with E-state index >= 15 is 0 Å². The number of carbonyl (C=O) groups excluding carboxylic acids is 2. The van der Waals surface area contributed by atoms with Gasteiger partial charge in [-0.2, -0.15) is 0 Å². The van der Waals surface area contributed by atoms with Crippen molar-refractivity contribution in [1.82, 2.24) is 9.80 Å². The van der Waals surface area contributed by atoms with Gasteiger partial charge in [0, 0.05) is 37.3 Å². The Hall–Kier alpha value is -1.85. The van der Waals surface area contributed by atoms with Gasteiger partial charge in [-0.3, -0.25) is 14.5 Å². The van der Waals surface area contributed by atoms with Crippen molar-refractivity contribution >= 4 is 29.6 Å². The molecular weight excluding hydrogens is 316 g/mol. The average Bonchev–Trinajstić information content (AvgIpc) is 2.55. The first kappa shape index (κ1) is 17.5. The first-order chi connectivity index (χ1) is 11.1. The molecule has 1 heterocycles. The number of hydrogen-bond acceptors (Lipinski definition) is 4. The monoisotopic (exact) mass is 336 g/mol. The van der Waals surface area contributed by atoms with Crippen LogP contribution in [0.4, 0.5) is 0 Å². The number of ether oxygens (including phenoxy) is 1. The molecule has 1 aromatic rings. The number of piperazine rings is 1. The summed E-state index contributed by atoms with van der Waals surface area (Å²) in [5.74, 6) is -0.231. The summed E-state index contributed by atoms with van der Waals surface area (Å²) < 4.78 is 4.93. The number of amides is 1. The van der Waals surface area contributed by atoms with Gasteiger partial charge in [0.15, 0.2) is 0 Å². The molecule has 0 aromatic heterocycles. The molecular formula is C17H21ClN2O3. The van der Waals surface area contributed by atoms with Crippen molar-refractivity contribution in [3.8, 4) is 0 Å². The van der Waals surface area contributed by atoms with E-state index in [0.29, 0.717) is 37.8 Å². The highest BCUT2D eigenvalue weighted by molar-refractivity contribution is 6.30. The molecule has 0 bridgehead atoms. The number of carbonyl (C=O) groups is 2. The van der Waals surface area contributed by atoms with Crippen molar-refractivity contribution in [2.24, 2.45) is 0 Å². The number of halogens is 1. The van der Waals surface area contributed by atoms with E-state index in [-0.39, 0.29) is 18.4 Å². The van der Waals surface area contributed by atoms with Crippen LogP contribution in [-0.4, -0.2) is 61.0 Å². The zero-order chi connectivity index (χ0) is 16.7. The van der Waals surface area contributed by atoms with Crippen LogP contribution < -0.4 is 0 Å². The SMILES string of the molecule is CCOC(=O)CN1CCN(C(=O)/C=C/c2ccc(Cl)cc2)CC1. The van der Waals surface area contributed by atoms with Crippen LogP contribution in [-0.2, 0) is 14.3 Å². The molecule has 1 aliphatic heterocycles. The number of hydrogen-bond donors (Lipinski definition) is 0. The fourth-order valence-electron chi connectivity index (χ4n) is 2.36. The lowest BCUT2D eigenvalue weighted by Gasteiger charge is -2.33. The van der Waals surface area contributed by atoms with Crippen LogP contribution in [0.15, 0.2) is 30.3 Å². The number of esters is 1. The van der Waals surface area contributed by atoms with Crippen LogP contribution in [0.2, 0.25) is 5.02 Å². The lowest BCUT2D eigenvalue weighted by atomic mass is 10.2. The van der Waals surface area contributed by atoms with Gasteiger partial charge in [0.25, 0.3) is 0 Å². The number of rotatable bonds is 5. The van der Waals surface area contributed by atoms with E-state index in [1.165, 1.54) is 0 Å². The summed E-state index contributed by atoms with van der Waals surface area (Å²) in [6.07, 6.45) is 3.36. The maximum Gasteiger partial charge on any atom is 0.320 e. The van der Waals surface area contributed by atoms with Crippen molar-refractivity contribution in [2.45, 2.75) is 6.92 Å². The summed E-state index contributed by atoms with van der Waals surface area (Å²) >= 11 is 5.83. The topological polar surface area (TPSA) is 49.9 Å². The summed E-state index contributed by atoms with van der Waals surface area (Å²) in [6, 6.07) is 7.31. The highest BCUT2D eigenvalue weighted by atomic mass is 35.5. The van der Waals surface area contributed by atoms with Gasteiger partial charge in [-0.25, -0.2) is 0 Å². The largest absolute Gasteiger partial charge is 0.465 e. The zero-order valence-electron chi connectivity index (χ0n) is 13.2. The van der Waals surface area contributed by atoms with Crippen molar-refractivity contribution in [3.63, 3.8) is 0 Å². The second-order valence-corrected chi connectivity index (χ2v) is 5.73. The Kier molecular flexibility index (Phi) is 6.62. The average molecular weight is 337 g/mol. The molecule has 124 valence electrons. The number of benzene rings is 1. The van der Waals surface area contributed by atoms with Gasteiger partial charge >= 0.3 is 5.97 Å². The second-order valence-electron chi connectivity index (χ2n) is 5.29. The molecule has 2 rings (SSSR count). The Morgan fingerprint density at radius 2 is 1.83 bits per heavy atom. The Balaban J connectivity index is 1.79. The maximum absolute atomic E-state index is 12.2.